The minimum absolute atomic E-state index is 0.161. The van der Waals surface area contributed by atoms with Crippen LogP contribution in [0.2, 0.25) is 0 Å². The predicted molar refractivity (Wildman–Crippen MR) is 138 cm³/mol. The SMILES string of the molecule is CCOC(=O)C1CCN(C(c2cc3cc(OC)c(OC)cc3[nH]c2=O)c2nnnn2C(C)(C)CC)CC1. The van der Waals surface area contributed by atoms with E-state index >= 15 is 0 Å². The second-order valence-electron chi connectivity index (χ2n) is 9.93. The van der Waals surface area contributed by atoms with Gasteiger partial charge in [0.15, 0.2) is 17.3 Å². The Labute approximate surface area is 216 Å². The lowest BCUT2D eigenvalue weighted by Gasteiger charge is -2.37. The van der Waals surface area contributed by atoms with Crippen molar-refractivity contribution in [2.45, 2.75) is 58.5 Å². The lowest BCUT2D eigenvalue weighted by atomic mass is 9.93. The summed E-state index contributed by atoms with van der Waals surface area (Å²) in [5.41, 5.74) is 0.568. The summed E-state index contributed by atoms with van der Waals surface area (Å²) in [5.74, 6) is 1.36. The van der Waals surface area contributed by atoms with Gasteiger partial charge in [0.1, 0.15) is 6.04 Å². The molecule has 3 heterocycles. The molecular formula is C26H36N6O5. The standard InChI is InChI=1S/C26H36N6O5/c1-7-26(3,4)32-23(28-29-30-32)22(31-11-9-16(10-12-31)25(34)37-8-2)18-13-17-14-20(35-5)21(36-6)15-19(17)27-24(18)33/h13-16,22H,7-12H2,1-6H3,(H,27,33). The lowest BCUT2D eigenvalue weighted by molar-refractivity contribution is -0.149. The fraction of sp³-hybridized carbons (Fsp3) is 0.577. The molecule has 11 nitrogen and oxygen atoms in total. The van der Waals surface area contributed by atoms with Gasteiger partial charge in [-0.05, 0) is 62.6 Å². The summed E-state index contributed by atoms with van der Waals surface area (Å²) in [7, 11) is 3.13. The van der Waals surface area contributed by atoms with Crippen LogP contribution < -0.4 is 15.0 Å². The normalized spacial score (nSPS) is 16.1. The van der Waals surface area contributed by atoms with Gasteiger partial charge in [-0.3, -0.25) is 14.5 Å². The molecule has 37 heavy (non-hydrogen) atoms. The first-order valence-corrected chi connectivity index (χ1v) is 12.7. The Morgan fingerprint density at radius 1 is 1.14 bits per heavy atom. The van der Waals surface area contributed by atoms with Crippen LogP contribution in [-0.4, -0.2) is 70.0 Å². The highest BCUT2D eigenvalue weighted by Gasteiger charge is 2.37. The Morgan fingerprint density at radius 2 is 1.81 bits per heavy atom. The molecule has 3 aromatic rings. The Bertz CT molecular complexity index is 1310. The van der Waals surface area contributed by atoms with Crippen LogP contribution in [0.15, 0.2) is 23.0 Å². The maximum atomic E-state index is 13.5. The number of carbonyl (C=O) groups excluding carboxylic acids is 1. The number of aromatic nitrogens is 5. The zero-order valence-electron chi connectivity index (χ0n) is 22.4. The average molecular weight is 513 g/mol. The van der Waals surface area contributed by atoms with Crippen LogP contribution in [0, 0.1) is 5.92 Å². The number of esters is 1. The number of methoxy groups -OCH3 is 2. The fourth-order valence-electron chi connectivity index (χ4n) is 4.85. The molecule has 0 aliphatic carbocycles. The molecule has 1 atom stereocenters. The van der Waals surface area contributed by atoms with Crippen LogP contribution in [0.1, 0.15) is 64.4 Å². The number of aromatic amines is 1. The van der Waals surface area contributed by atoms with E-state index in [1.54, 1.807) is 20.3 Å². The Balaban J connectivity index is 1.82. The smallest absolute Gasteiger partial charge is 0.309 e. The summed E-state index contributed by atoms with van der Waals surface area (Å²) < 4.78 is 18.0. The van der Waals surface area contributed by atoms with Crippen molar-refractivity contribution in [3.05, 3.63) is 39.9 Å². The van der Waals surface area contributed by atoms with Gasteiger partial charge in [0.2, 0.25) is 0 Å². The van der Waals surface area contributed by atoms with Crippen molar-refractivity contribution in [1.82, 2.24) is 30.1 Å². The monoisotopic (exact) mass is 512 g/mol. The summed E-state index contributed by atoms with van der Waals surface area (Å²) in [6, 6.07) is 4.96. The molecule has 4 rings (SSSR count). The van der Waals surface area contributed by atoms with Gasteiger partial charge in [0.05, 0.1) is 37.8 Å². The van der Waals surface area contributed by atoms with Crippen LogP contribution in [-0.2, 0) is 15.1 Å². The van der Waals surface area contributed by atoms with Crippen LogP contribution in [0.3, 0.4) is 0 Å². The topological polar surface area (TPSA) is 124 Å². The third-order valence-electron chi connectivity index (χ3n) is 7.36. The number of ether oxygens (including phenoxy) is 3. The molecule has 1 fully saturated rings. The number of likely N-dealkylation sites (tertiary alicyclic amines) is 1. The number of carbonyl (C=O) groups is 1. The van der Waals surface area contributed by atoms with Crippen molar-refractivity contribution in [1.29, 1.82) is 0 Å². The number of benzene rings is 1. The van der Waals surface area contributed by atoms with Gasteiger partial charge >= 0.3 is 5.97 Å². The van der Waals surface area contributed by atoms with Crippen molar-refractivity contribution in [2.75, 3.05) is 33.9 Å². The van der Waals surface area contributed by atoms with Gasteiger partial charge in [0, 0.05) is 30.1 Å². The zero-order chi connectivity index (χ0) is 26.7. The summed E-state index contributed by atoms with van der Waals surface area (Å²) in [6.07, 6.45) is 2.06. The zero-order valence-corrected chi connectivity index (χ0v) is 22.4. The van der Waals surface area contributed by atoms with Gasteiger partial charge in [-0.2, -0.15) is 0 Å². The van der Waals surface area contributed by atoms with Gasteiger partial charge in [-0.15, -0.1) is 5.10 Å². The molecule has 2 aromatic heterocycles. The van der Waals surface area contributed by atoms with Gasteiger partial charge in [-0.25, -0.2) is 4.68 Å². The van der Waals surface area contributed by atoms with Crippen molar-refractivity contribution in [2.24, 2.45) is 5.92 Å². The first-order chi connectivity index (χ1) is 17.7. The van der Waals surface area contributed by atoms with E-state index in [-0.39, 0.29) is 23.0 Å². The molecule has 1 saturated heterocycles. The maximum Gasteiger partial charge on any atom is 0.309 e. The summed E-state index contributed by atoms with van der Waals surface area (Å²) in [6.45, 7) is 9.58. The maximum absolute atomic E-state index is 13.5. The number of pyridine rings is 1. The first kappa shape index (κ1) is 26.6. The molecule has 0 spiro atoms. The number of nitrogens with zero attached hydrogens (tertiary/aromatic N) is 5. The molecule has 0 bridgehead atoms. The van der Waals surface area contributed by atoms with E-state index in [4.69, 9.17) is 14.2 Å². The Hall–Kier alpha value is -3.47. The van der Waals surface area contributed by atoms with Crippen molar-refractivity contribution in [3.8, 4) is 11.5 Å². The van der Waals surface area contributed by atoms with E-state index in [0.29, 0.717) is 60.9 Å². The molecule has 1 aliphatic heterocycles. The van der Waals surface area contributed by atoms with E-state index in [1.807, 2.05) is 23.7 Å². The molecule has 200 valence electrons. The predicted octanol–water partition coefficient (Wildman–Crippen LogP) is 3.04. The van der Waals surface area contributed by atoms with Crippen molar-refractivity contribution < 1.29 is 19.0 Å². The summed E-state index contributed by atoms with van der Waals surface area (Å²) >= 11 is 0. The van der Waals surface area contributed by atoms with Crippen LogP contribution in [0.5, 0.6) is 11.5 Å². The van der Waals surface area contributed by atoms with E-state index in [9.17, 15) is 9.59 Å². The summed E-state index contributed by atoms with van der Waals surface area (Å²) in [4.78, 5) is 31.1. The molecule has 0 amide bonds. The molecule has 1 aromatic carbocycles. The third kappa shape index (κ3) is 5.18. The van der Waals surface area contributed by atoms with E-state index < -0.39 is 6.04 Å². The quantitative estimate of drug-likeness (QED) is 0.431. The van der Waals surface area contributed by atoms with Crippen LogP contribution >= 0.6 is 0 Å². The Kier molecular flexibility index (Phi) is 7.82. The molecule has 1 N–H and O–H groups in total. The molecular weight excluding hydrogens is 476 g/mol. The highest BCUT2D eigenvalue weighted by molar-refractivity contribution is 5.83. The number of hydrogen-bond donors (Lipinski definition) is 1. The fourth-order valence-corrected chi connectivity index (χ4v) is 4.85. The number of hydrogen-bond acceptors (Lipinski definition) is 9. The number of nitrogens with one attached hydrogen (secondary N) is 1. The minimum atomic E-state index is -0.509. The highest BCUT2D eigenvalue weighted by atomic mass is 16.5. The summed E-state index contributed by atoms with van der Waals surface area (Å²) in [5, 5.41) is 13.5. The first-order valence-electron chi connectivity index (χ1n) is 12.7. The second kappa shape index (κ2) is 10.9. The molecule has 1 unspecified atom stereocenters. The minimum Gasteiger partial charge on any atom is -0.493 e. The third-order valence-corrected chi connectivity index (χ3v) is 7.36. The van der Waals surface area contributed by atoms with Crippen LogP contribution in [0.25, 0.3) is 10.9 Å². The number of H-pyrrole nitrogens is 1. The van der Waals surface area contributed by atoms with E-state index in [2.05, 4.69) is 46.2 Å². The van der Waals surface area contributed by atoms with Gasteiger partial charge in [-0.1, -0.05) is 6.92 Å². The lowest BCUT2D eigenvalue weighted by Crippen LogP contribution is -2.43. The molecule has 1 aliphatic rings. The highest BCUT2D eigenvalue weighted by Crippen LogP contribution is 2.35. The van der Waals surface area contributed by atoms with Crippen molar-refractivity contribution >= 4 is 16.9 Å². The number of fused-ring (bicyclic) bond motifs is 1. The molecule has 0 saturated carbocycles. The van der Waals surface area contributed by atoms with Gasteiger partial charge in [0.25, 0.3) is 5.56 Å². The number of tetrazole rings is 1. The van der Waals surface area contributed by atoms with E-state index in [1.165, 1.54) is 0 Å². The molecule has 0 radical (unpaired) electrons. The largest absolute Gasteiger partial charge is 0.493 e. The Morgan fingerprint density at radius 3 is 2.43 bits per heavy atom. The van der Waals surface area contributed by atoms with Crippen molar-refractivity contribution in [3.63, 3.8) is 0 Å². The van der Waals surface area contributed by atoms with Gasteiger partial charge < -0.3 is 19.2 Å². The van der Waals surface area contributed by atoms with Crippen LogP contribution in [0.4, 0.5) is 0 Å². The number of piperidine rings is 1. The second-order valence-corrected chi connectivity index (χ2v) is 9.93. The van der Waals surface area contributed by atoms with E-state index in [0.717, 1.165) is 11.8 Å². The average Bonchev–Trinajstić information content (AvgIpc) is 3.39. The molecule has 11 heteroatoms. The number of rotatable bonds is 9.